The van der Waals surface area contributed by atoms with Crippen LogP contribution in [0.5, 0.6) is 0 Å². The third-order valence-electron chi connectivity index (χ3n) is 22.7. The summed E-state index contributed by atoms with van der Waals surface area (Å²) in [5.74, 6) is 1.30. The van der Waals surface area contributed by atoms with Crippen molar-refractivity contribution in [1.29, 1.82) is 0 Å². The molecular weight excluding hydrogens is 1590 g/mol. The normalized spacial score (nSPS) is 10.9. The molecule has 12 heteroatoms. The summed E-state index contributed by atoms with van der Waals surface area (Å²) < 4.78 is 0. The molecule has 10 aromatic heterocycles. The fourth-order valence-electron chi connectivity index (χ4n) is 16.1. The van der Waals surface area contributed by atoms with E-state index in [-0.39, 0.29) is 0 Å². The molecule has 10 heterocycles. The number of pyridine rings is 8. The van der Waals surface area contributed by atoms with E-state index in [9.17, 15) is 0 Å². The summed E-state index contributed by atoms with van der Waals surface area (Å²) >= 11 is 0. The predicted molar refractivity (Wildman–Crippen MR) is 528 cm³/mol. The molecule has 0 saturated carbocycles. The van der Waals surface area contributed by atoms with Gasteiger partial charge in [0.2, 0.25) is 0 Å². The van der Waals surface area contributed by atoms with Crippen LogP contribution in [0.1, 0.15) is 0 Å². The fourth-order valence-corrected chi connectivity index (χ4v) is 16.1. The van der Waals surface area contributed by atoms with Crippen LogP contribution in [0.2, 0.25) is 0 Å². The van der Waals surface area contributed by atoms with Crippen molar-refractivity contribution in [1.82, 2.24) is 59.8 Å². The average Bonchev–Trinajstić information content (AvgIpc) is 0.794. The van der Waals surface area contributed by atoms with E-state index in [0.717, 1.165) is 179 Å². The molecule has 0 aliphatic heterocycles. The van der Waals surface area contributed by atoms with Crippen molar-refractivity contribution < 1.29 is 0 Å². The summed E-state index contributed by atoms with van der Waals surface area (Å²) in [6.45, 7) is 0. The van der Waals surface area contributed by atoms with E-state index < -0.39 is 0 Å². The number of hydrogen-bond acceptors (Lipinski definition) is 12. The molecule has 130 heavy (non-hydrogen) atoms. The van der Waals surface area contributed by atoms with Crippen LogP contribution >= 0.6 is 0 Å². The molecule has 0 fully saturated rings. The second-order valence-corrected chi connectivity index (χ2v) is 31.2. The van der Waals surface area contributed by atoms with Crippen molar-refractivity contribution in [2.45, 2.75) is 0 Å². The Morgan fingerprint density at radius 1 is 0.131 bits per heavy atom. The minimum absolute atomic E-state index is 0.650. The quantitative estimate of drug-likeness (QED) is 0.0803. The standard InChI is InChI=1S/C41H27N5.C40H28N2.C37H25N5/c1-2-7-28(8-3-1)34-24-35(27-43-26-34)40-25-39(33-10-4-9-32(23-33)29-18-21-42-22-19-29)45-41(46-40)31-16-14-30(15-17-31)36-11-5-13-38-37(36)12-6-20-44-38;1-3-11-29(12-4-1)33-15-9-17-35(25-33)39-27-37(31-20-22-32(23-21-31)38-19-7-8-24-41-38)28-40(42-39)36-18-10-16-34(26-36)30-13-5-2-6-14-30;1-4-20-38-32(13-1)26-16-18-27(19-17-26)35-25-36(30-11-7-9-28(23-30)33-14-2-5-21-39-33)42-37(41-35)31-12-8-10-29(24-31)34-15-3-6-22-40-34/h1-27H;1-28H;1-25H. The van der Waals surface area contributed by atoms with Crippen LogP contribution in [-0.2, 0) is 0 Å². The molecular formula is C118H80N12. The van der Waals surface area contributed by atoms with Gasteiger partial charge in [0.15, 0.2) is 11.6 Å². The van der Waals surface area contributed by atoms with Crippen LogP contribution in [-0.4, -0.2) is 59.8 Å². The highest BCUT2D eigenvalue weighted by Crippen LogP contribution is 2.40. The van der Waals surface area contributed by atoms with E-state index in [1.807, 2.05) is 195 Å². The maximum absolute atomic E-state index is 5.22. The number of aromatic nitrogens is 12. The van der Waals surface area contributed by atoms with Gasteiger partial charge in [0.05, 0.1) is 62.5 Å². The van der Waals surface area contributed by atoms with Crippen LogP contribution in [0.15, 0.2) is 486 Å². The minimum atomic E-state index is 0.650. The van der Waals surface area contributed by atoms with Crippen LogP contribution < -0.4 is 0 Å². The lowest BCUT2D eigenvalue weighted by Gasteiger charge is -2.13. The molecule has 12 aromatic carbocycles. The van der Waals surface area contributed by atoms with Crippen molar-refractivity contribution in [2.24, 2.45) is 0 Å². The SMILES string of the molecule is c1ccc(-c2ccc(-c3cc(-c4cccc(-c5ccccn5)c4)nc(-c4cccc(-c5ccccn5)c4)n3)cc2)nc1.c1ccc(-c2cccc(-c3cc(-c4ccc(-c5ccccn5)cc4)cc(-c4cccc(-c5ccccc5)c4)n3)c2)cc1.c1ccc(-c2cncc(-c3cc(-c4cccc(-c5ccncc5)c4)nc(-c4ccc(-c5cccc6ncccc56)cc4)n3)c2)cc1. The molecule has 0 N–H and O–H groups in total. The summed E-state index contributed by atoms with van der Waals surface area (Å²) in [6.07, 6.45) is 16.5. The first-order valence-corrected chi connectivity index (χ1v) is 43.0. The summed E-state index contributed by atoms with van der Waals surface area (Å²) in [7, 11) is 0. The maximum Gasteiger partial charge on any atom is 0.160 e. The number of nitrogens with zero attached hydrogens (tertiary/aromatic N) is 12. The van der Waals surface area contributed by atoms with Crippen LogP contribution in [0.3, 0.4) is 0 Å². The van der Waals surface area contributed by atoms with E-state index in [1.165, 1.54) is 22.3 Å². The Morgan fingerprint density at radius 3 is 0.908 bits per heavy atom. The molecule has 0 unspecified atom stereocenters. The van der Waals surface area contributed by atoms with E-state index in [0.29, 0.717) is 11.6 Å². The lowest BCUT2D eigenvalue weighted by molar-refractivity contribution is 1.18. The maximum atomic E-state index is 5.22. The van der Waals surface area contributed by atoms with Crippen LogP contribution in [0.25, 0.3) is 213 Å². The fraction of sp³-hybridized carbons (Fsp3) is 0. The van der Waals surface area contributed by atoms with Crippen LogP contribution in [0.4, 0.5) is 0 Å². The van der Waals surface area contributed by atoms with E-state index in [4.69, 9.17) is 24.9 Å². The summed E-state index contributed by atoms with van der Waals surface area (Å²) in [5.41, 5.74) is 35.7. The Balaban J connectivity index is 0.000000122. The Bertz CT molecular complexity index is 7050. The van der Waals surface area contributed by atoms with Crippen molar-refractivity contribution >= 4 is 10.9 Å². The van der Waals surface area contributed by atoms with E-state index in [1.54, 1.807) is 6.20 Å². The second kappa shape index (κ2) is 38.2. The van der Waals surface area contributed by atoms with Crippen molar-refractivity contribution in [2.75, 3.05) is 0 Å². The van der Waals surface area contributed by atoms with Crippen molar-refractivity contribution in [3.63, 3.8) is 0 Å². The van der Waals surface area contributed by atoms with Gasteiger partial charge >= 0.3 is 0 Å². The summed E-state index contributed by atoms with van der Waals surface area (Å²) in [5, 5.41) is 1.12. The van der Waals surface area contributed by atoms with Gasteiger partial charge in [0, 0.05) is 133 Å². The van der Waals surface area contributed by atoms with Gasteiger partial charge in [-0.1, -0.05) is 297 Å². The Kier molecular flexibility index (Phi) is 23.7. The third kappa shape index (κ3) is 18.7. The zero-order chi connectivity index (χ0) is 87.0. The van der Waals surface area contributed by atoms with Gasteiger partial charge in [-0.3, -0.25) is 34.9 Å². The van der Waals surface area contributed by atoms with Gasteiger partial charge < -0.3 is 0 Å². The Morgan fingerprint density at radius 2 is 0.438 bits per heavy atom. The molecule has 0 spiro atoms. The van der Waals surface area contributed by atoms with E-state index >= 15 is 0 Å². The monoisotopic (exact) mass is 1660 g/mol. The number of rotatable bonds is 18. The molecule has 22 aromatic rings. The van der Waals surface area contributed by atoms with Crippen molar-refractivity contribution in [3.8, 4) is 202 Å². The molecule has 0 radical (unpaired) electrons. The first-order valence-electron chi connectivity index (χ1n) is 43.0. The highest BCUT2D eigenvalue weighted by Gasteiger charge is 2.19. The lowest BCUT2D eigenvalue weighted by Crippen LogP contribution is -1.97. The summed E-state index contributed by atoms with van der Waals surface area (Å²) in [4.78, 5) is 57.0. The molecule has 0 saturated heterocycles. The first kappa shape index (κ1) is 80.7. The molecule has 612 valence electrons. The largest absolute Gasteiger partial charge is 0.265 e. The zero-order valence-corrected chi connectivity index (χ0v) is 70.6. The molecule has 12 nitrogen and oxygen atoms in total. The average molecular weight is 1670 g/mol. The minimum Gasteiger partial charge on any atom is -0.265 e. The predicted octanol–water partition coefficient (Wildman–Crippen LogP) is 29.0. The van der Waals surface area contributed by atoms with Gasteiger partial charge in [-0.15, -0.1) is 0 Å². The van der Waals surface area contributed by atoms with Gasteiger partial charge in [-0.2, -0.15) is 0 Å². The highest BCUT2D eigenvalue weighted by molar-refractivity contribution is 5.95. The van der Waals surface area contributed by atoms with Gasteiger partial charge in [-0.25, -0.2) is 24.9 Å². The smallest absolute Gasteiger partial charge is 0.160 e. The van der Waals surface area contributed by atoms with Crippen molar-refractivity contribution in [3.05, 3.63) is 486 Å². The zero-order valence-electron chi connectivity index (χ0n) is 70.6. The van der Waals surface area contributed by atoms with Gasteiger partial charge in [-0.05, 0) is 195 Å². The molecule has 0 atom stereocenters. The topological polar surface area (TPSA) is 155 Å². The Labute approximate surface area is 754 Å². The molecule has 0 aliphatic rings. The second-order valence-electron chi connectivity index (χ2n) is 31.2. The molecule has 0 aliphatic carbocycles. The number of benzene rings is 12. The first-order chi connectivity index (χ1) is 64.4. The lowest BCUT2D eigenvalue weighted by atomic mass is 9.96. The third-order valence-corrected chi connectivity index (χ3v) is 22.7. The number of fused-ring (bicyclic) bond motifs is 1. The molecule has 0 amide bonds. The molecule has 22 rings (SSSR count). The summed E-state index contributed by atoms with van der Waals surface area (Å²) in [6, 6.07) is 148. The number of hydrogen-bond donors (Lipinski definition) is 0. The van der Waals surface area contributed by atoms with Gasteiger partial charge in [0.1, 0.15) is 0 Å². The Hall–Kier alpha value is -17.7. The van der Waals surface area contributed by atoms with E-state index in [2.05, 4.69) is 320 Å². The van der Waals surface area contributed by atoms with Crippen LogP contribution in [0, 0.1) is 0 Å². The molecule has 0 bridgehead atoms. The van der Waals surface area contributed by atoms with Gasteiger partial charge in [0.25, 0.3) is 0 Å². The highest BCUT2D eigenvalue weighted by atomic mass is 14.9.